The lowest BCUT2D eigenvalue weighted by Gasteiger charge is -2.06. The van der Waals surface area contributed by atoms with E-state index in [1.165, 1.54) is 23.6 Å². The molecule has 0 radical (unpaired) electrons. The number of fused-ring (bicyclic) bond motifs is 1. The highest BCUT2D eigenvalue weighted by Gasteiger charge is 2.26. The summed E-state index contributed by atoms with van der Waals surface area (Å²) in [5.74, 6) is -0.712. The SMILES string of the molecule is CCC(=O)c1csc(C(=O)c2cn(P(=O)(O)O)c3ccc(Cl)cc23)n1. The highest BCUT2D eigenvalue weighted by Crippen LogP contribution is 2.42. The molecule has 0 aliphatic carbocycles. The molecule has 25 heavy (non-hydrogen) atoms. The molecule has 1 aromatic carbocycles. The summed E-state index contributed by atoms with van der Waals surface area (Å²) in [6.07, 6.45) is 1.36. The predicted molar refractivity (Wildman–Crippen MR) is 94.6 cm³/mol. The van der Waals surface area contributed by atoms with Gasteiger partial charge in [0.05, 0.1) is 11.1 Å². The smallest absolute Gasteiger partial charge is 0.308 e. The van der Waals surface area contributed by atoms with Crippen LogP contribution in [0.15, 0.2) is 29.8 Å². The molecule has 0 spiro atoms. The van der Waals surface area contributed by atoms with Crippen LogP contribution in [0.5, 0.6) is 0 Å². The van der Waals surface area contributed by atoms with Crippen LogP contribution in [0.1, 0.15) is 39.2 Å². The number of ketones is 2. The Bertz CT molecular complexity index is 1050. The number of Topliss-reactive ketones (excluding diaryl/α,β-unsaturated/α-hetero) is 1. The van der Waals surface area contributed by atoms with E-state index in [2.05, 4.69) is 4.98 Å². The highest BCUT2D eigenvalue weighted by atomic mass is 35.5. The third-order valence-electron chi connectivity index (χ3n) is 3.58. The van der Waals surface area contributed by atoms with Crippen molar-refractivity contribution >= 4 is 53.2 Å². The van der Waals surface area contributed by atoms with E-state index in [0.717, 1.165) is 21.9 Å². The zero-order valence-electron chi connectivity index (χ0n) is 12.8. The summed E-state index contributed by atoms with van der Waals surface area (Å²) in [7, 11) is -4.65. The molecule has 0 fully saturated rings. The first kappa shape index (κ1) is 18.0. The summed E-state index contributed by atoms with van der Waals surface area (Å²) >= 11 is 6.96. The molecule has 2 N–H and O–H groups in total. The zero-order valence-corrected chi connectivity index (χ0v) is 15.3. The van der Waals surface area contributed by atoms with Gasteiger partial charge in [-0.05, 0) is 18.2 Å². The first-order valence-electron chi connectivity index (χ1n) is 7.12. The van der Waals surface area contributed by atoms with E-state index in [4.69, 9.17) is 11.6 Å². The molecule has 0 aliphatic heterocycles. The van der Waals surface area contributed by atoms with Gasteiger partial charge < -0.3 is 9.79 Å². The summed E-state index contributed by atoms with van der Waals surface area (Å²) in [5, 5.41) is 2.20. The monoisotopic (exact) mass is 398 g/mol. The second-order valence-corrected chi connectivity index (χ2v) is 7.96. The maximum atomic E-state index is 12.8. The van der Waals surface area contributed by atoms with Crippen molar-refractivity contribution in [3.63, 3.8) is 0 Å². The third kappa shape index (κ3) is 3.31. The Kier molecular flexibility index (Phi) is 4.66. The van der Waals surface area contributed by atoms with Crippen molar-refractivity contribution in [3.8, 4) is 0 Å². The number of rotatable bonds is 5. The molecule has 10 heteroatoms. The van der Waals surface area contributed by atoms with Crippen molar-refractivity contribution in [2.45, 2.75) is 13.3 Å². The predicted octanol–water partition coefficient (Wildman–Crippen LogP) is 3.52. The van der Waals surface area contributed by atoms with Gasteiger partial charge in [-0.1, -0.05) is 18.5 Å². The van der Waals surface area contributed by atoms with Crippen LogP contribution in [0, 0.1) is 0 Å². The van der Waals surface area contributed by atoms with E-state index < -0.39 is 13.5 Å². The first-order chi connectivity index (χ1) is 11.7. The maximum absolute atomic E-state index is 12.8. The minimum atomic E-state index is -4.65. The van der Waals surface area contributed by atoms with E-state index in [1.807, 2.05) is 0 Å². The second kappa shape index (κ2) is 6.48. The van der Waals surface area contributed by atoms with Gasteiger partial charge in [0.1, 0.15) is 5.69 Å². The molecular weight excluding hydrogens is 387 g/mol. The largest absolute Gasteiger partial charge is 0.434 e. The molecular formula is C15H12ClN2O5PS. The quantitative estimate of drug-likeness (QED) is 0.502. The number of hydrogen-bond donors (Lipinski definition) is 2. The lowest BCUT2D eigenvalue weighted by atomic mass is 10.1. The molecule has 0 saturated carbocycles. The molecule has 0 atom stereocenters. The number of halogens is 1. The van der Waals surface area contributed by atoms with Gasteiger partial charge in [-0.15, -0.1) is 11.3 Å². The van der Waals surface area contributed by atoms with Crippen LogP contribution in [0.25, 0.3) is 10.9 Å². The summed E-state index contributed by atoms with van der Waals surface area (Å²) in [6.45, 7) is 1.69. The molecule has 3 rings (SSSR count). The van der Waals surface area contributed by atoms with Crippen LogP contribution in [0.4, 0.5) is 0 Å². The number of hydrogen-bond acceptors (Lipinski definition) is 5. The van der Waals surface area contributed by atoms with Crippen molar-refractivity contribution in [2.75, 3.05) is 0 Å². The van der Waals surface area contributed by atoms with Crippen molar-refractivity contribution < 1.29 is 23.9 Å². The van der Waals surface area contributed by atoms with Gasteiger partial charge in [0.25, 0.3) is 0 Å². The Morgan fingerprint density at radius 3 is 2.72 bits per heavy atom. The lowest BCUT2D eigenvalue weighted by Crippen LogP contribution is -2.03. The fraction of sp³-hybridized carbons (Fsp3) is 0.133. The van der Waals surface area contributed by atoms with E-state index in [9.17, 15) is 23.9 Å². The van der Waals surface area contributed by atoms with Gasteiger partial charge in [0.2, 0.25) is 5.78 Å². The standard InChI is InChI=1S/C15H12ClN2O5PS/c1-2-13(19)11-7-25-15(17-11)14(20)10-6-18(24(21,22)23)12-4-3-8(16)5-9(10)12/h3-7H,2H2,1H3,(H2,21,22,23). The molecule has 0 bridgehead atoms. The number of thiazole rings is 1. The normalized spacial score (nSPS) is 11.8. The van der Waals surface area contributed by atoms with Crippen molar-refractivity contribution in [1.29, 1.82) is 0 Å². The van der Waals surface area contributed by atoms with Crippen molar-refractivity contribution in [2.24, 2.45) is 0 Å². The van der Waals surface area contributed by atoms with Crippen LogP contribution in [0.3, 0.4) is 0 Å². The third-order valence-corrected chi connectivity index (χ3v) is 5.55. The Hall–Kier alpha value is -1.83. The summed E-state index contributed by atoms with van der Waals surface area (Å²) < 4.78 is 12.4. The van der Waals surface area contributed by atoms with Gasteiger partial charge in [0, 0.05) is 28.4 Å². The van der Waals surface area contributed by atoms with Crippen molar-refractivity contribution in [3.05, 3.63) is 51.1 Å². The van der Waals surface area contributed by atoms with E-state index >= 15 is 0 Å². The van der Waals surface area contributed by atoms with Gasteiger partial charge in [-0.2, -0.15) is 0 Å². The molecule has 7 nitrogen and oxygen atoms in total. The van der Waals surface area contributed by atoms with E-state index in [-0.39, 0.29) is 34.0 Å². The number of carbonyl (C=O) groups excluding carboxylic acids is 2. The lowest BCUT2D eigenvalue weighted by molar-refractivity contribution is 0.0984. The van der Waals surface area contributed by atoms with Crippen LogP contribution >= 0.6 is 30.7 Å². The molecule has 2 aromatic heterocycles. The average Bonchev–Trinajstić information content (AvgIpc) is 3.17. The molecule has 3 aromatic rings. The number of carbonyl (C=O) groups is 2. The van der Waals surface area contributed by atoms with Gasteiger partial charge >= 0.3 is 7.75 Å². The Morgan fingerprint density at radius 1 is 1.36 bits per heavy atom. The first-order valence-corrected chi connectivity index (χ1v) is 9.95. The Labute approximate surface area is 151 Å². The number of benzene rings is 1. The minimum absolute atomic E-state index is 0.0608. The Balaban J connectivity index is 2.16. The summed E-state index contributed by atoms with van der Waals surface area (Å²) in [5.41, 5.74) is 0.445. The zero-order chi connectivity index (χ0) is 18.4. The fourth-order valence-electron chi connectivity index (χ4n) is 2.38. The summed E-state index contributed by atoms with van der Waals surface area (Å²) in [6, 6.07) is 4.37. The van der Waals surface area contributed by atoms with Crippen LogP contribution in [-0.2, 0) is 4.57 Å². The highest BCUT2D eigenvalue weighted by molar-refractivity contribution is 7.50. The number of nitrogens with zero attached hydrogens (tertiary/aromatic N) is 2. The number of aromatic nitrogens is 2. The minimum Gasteiger partial charge on any atom is -0.308 e. The van der Waals surface area contributed by atoms with Crippen LogP contribution in [0.2, 0.25) is 5.02 Å². The molecule has 2 heterocycles. The van der Waals surface area contributed by atoms with Crippen molar-refractivity contribution in [1.82, 2.24) is 9.32 Å². The average molecular weight is 399 g/mol. The molecule has 0 saturated heterocycles. The maximum Gasteiger partial charge on any atom is 0.434 e. The Morgan fingerprint density at radius 2 is 2.08 bits per heavy atom. The van der Waals surface area contributed by atoms with Gasteiger partial charge in [0.15, 0.2) is 10.8 Å². The molecule has 130 valence electrons. The fourth-order valence-corrected chi connectivity index (χ4v) is 4.05. The molecule has 0 aliphatic rings. The molecule has 0 amide bonds. The van der Waals surface area contributed by atoms with Gasteiger partial charge in [-0.25, -0.2) is 9.55 Å². The van der Waals surface area contributed by atoms with E-state index in [0.29, 0.717) is 10.4 Å². The van der Waals surface area contributed by atoms with Gasteiger partial charge in [-0.3, -0.25) is 13.9 Å². The second-order valence-electron chi connectivity index (χ2n) is 5.21. The van der Waals surface area contributed by atoms with E-state index in [1.54, 1.807) is 6.92 Å². The summed E-state index contributed by atoms with van der Waals surface area (Å²) in [4.78, 5) is 47.5. The van der Waals surface area contributed by atoms with Crippen LogP contribution in [-0.4, -0.2) is 30.7 Å². The molecule has 0 unspecified atom stereocenters. The topological polar surface area (TPSA) is 109 Å². The van der Waals surface area contributed by atoms with Crippen LogP contribution < -0.4 is 0 Å².